The molecule has 0 spiro atoms. The second kappa shape index (κ2) is 4.76. The number of aliphatic hydroxyl groups excluding tert-OH is 1. The molecule has 1 heterocycles. The first-order chi connectivity index (χ1) is 6.63. The molecule has 0 aliphatic carbocycles. The molecule has 5 nitrogen and oxygen atoms in total. The quantitative estimate of drug-likeness (QED) is 0.708. The number of amides is 1. The highest BCUT2D eigenvalue weighted by molar-refractivity contribution is 5.76. The van der Waals surface area contributed by atoms with Crippen molar-refractivity contribution in [2.45, 2.75) is 33.0 Å². The summed E-state index contributed by atoms with van der Waals surface area (Å²) in [7, 11) is 0. The molecule has 0 aromatic carbocycles. The van der Waals surface area contributed by atoms with Gasteiger partial charge in [0, 0.05) is 6.04 Å². The van der Waals surface area contributed by atoms with Crippen molar-refractivity contribution < 1.29 is 9.90 Å². The van der Waals surface area contributed by atoms with Gasteiger partial charge in [0.25, 0.3) is 0 Å². The fraction of sp³-hybridized carbons (Fsp3) is 0.556. The number of hydrogen-bond donors (Lipinski definition) is 2. The van der Waals surface area contributed by atoms with Gasteiger partial charge in [-0.2, -0.15) is 0 Å². The van der Waals surface area contributed by atoms with Crippen molar-refractivity contribution >= 4 is 5.91 Å². The van der Waals surface area contributed by atoms with Crippen LogP contribution in [0.25, 0.3) is 0 Å². The number of aromatic nitrogens is 2. The third-order valence-electron chi connectivity index (χ3n) is 1.72. The van der Waals surface area contributed by atoms with Crippen molar-refractivity contribution in [3.63, 3.8) is 0 Å². The monoisotopic (exact) mass is 197 g/mol. The second-order valence-corrected chi connectivity index (χ2v) is 3.39. The lowest BCUT2D eigenvalue weighted by Gasteiger charge is -2.09. The number of aliphatic hydroxyl groups is 1. The lowest BCUT2D eigenvalue weighted by atomic mass is 10.4. The molecule has 0 bridgehead atoms. The Labute approximate surface area is 82.8 Å². The van der Waals surface area contributed by atoms with Crippen molar-refractivity contribution in [2.24, 2.45) is 0 Å². The molecule has 1 amide bonds. The average Bonchev–Trinajstić information content (AvgIpc) is 2.50. The van der Waals surface area contributed by atoms with E-state index in [1.54, 1.807) is 10.8 Å². The Morgan fingerprint density at radius 2 is 2.43 bits per heavy atom. The minimum Gasteiger partial charge on any atom is -0.390 e. The van der Waals surface area contributed by atoms with Crippen molar-refractivity contribution in [3.05, 3.63) is 18.2 Å². The Bertz CT molecular complexity index is 307. The van der Waals surface area contributed by atoms with Crippen LogP contribution in [0.15, 0.2) is 12.5 Å². The van der Waals surface area contributed by atoms with Crippen LogP contribution in [0.3, 0.4) is 0 Å². The summed E-state index contributed by atoms with van der Waals surface area (Å²) in [6.07, 6.45) is 3.08. The van der Waals surface area contributed by atoms with Crippen LogP contribution in [0.2, 0.25) is 0 Å². The van der Waals surface area contributed by atoms with Gasteiger partial charge in [0.2, 0.25) is 5.91 Å². The lowest BCUT2D eigenvalue weighted by Crippen LogP contribution is -2.33. The molecule has 5 heteroatoms. The van der Waals surface area contributed by atoms with Gasteiger partial charge >= 0.3 is 0 Å². The third kappa shape index (κ3) is 2.85. The van der Waals surface area contributed by atoms with Crippen LogP contribution in [0, 0.1) is 0 Å². The molecule has 2 N–H and O–H groups in total. The zero-order chi connectivity index (χ0) is 10.6. The summed E-state index contributed by atoms with van der Waals surface area (Å²) >= 11 is 0. The van der Waals surface area contributed by atoms with Crippen LogP contribution >= 0.6 is 0 Å². The fourth-order valence-corrected chi connectivity index (χ4v) is 1.14. The number of carbonyl (C=O) groups is 1. The molecule has 1 rings (SSSR count). The predicted molar refractivity (Wildman–Crippen MR) is 51.4 cm³/mol. The SMILES string of the molecule is CC(C)NC(=O)Cn1cncc1CO. The summed E-state index contributed by atoms with van der Waals surface area (Å²) in [6.45, 7) is 3.90. The molecule has 1 aromatic heterocycles. The standard InChI is InChI=1S/C9H15N3O2/c1-7(2)11-9(14)4-12-6-10-3-8(12)5-13/h3,6-7,13H,4-5H2,1-2H3,(H,11,14). The van der Waals surface area contributed by atoms with E-state index in [4.69, 9.17) is 5.11 Å². The van der Waals surface area contributed by atoms with E-state index in [0.717, 1.165) is 0 Å². The van der Waals surface area contributed by atoms with Gasteiger partial charge in [0.05, 0.1) is 24.8 Å². The number of carbonyl (C=O) groups excluding carboxylic acids is 1. The first kappa shape index (κ1) is 10.7. The molecular formula is C9H15N3O2. The number of hydrogen-bond acceptors (Lipinski definition) is 3. The molecule has 1 aromatic rings. The average molecular weight is 197 g/mol. The molecule has 0 aliphatic rings. The van der Waals surface area contributed by atoms with Gasteiger partial charge in [-0.1, -0.05) is 0 Å². The van der Waals surface area contributed by atoms with Gasteiger partial charge in [0.15, 0.2) is 0 Å². The second-order valence-electron chi connectivity index (χ2n) is 3.39. The summed E-state index contributed by atoms with van der Waals surface area (Å²) in [5.74, 6) is -0.0762. The first-order valence-corrected chi connectivity index (χ1v) is 4.52. The minimum atomic E-state index is -0.102. The van der Waals surface area contributed by atoms with Crippen LogP contribution in [0.5, 0.6) is 0 Å². The van der Waals surface area contributed by atoms with Crippen molar-refractivity contribution in [3.8, 4) is 0 Å². The number of nitrogens with zero attached hydrogens (tertiary/aromatic N) is 2. The first-order valence-electron chi connectivity index (χ1n) is 4.52. The van der Waals surface area contributed by atoms with Crippen LogP contribution in [-0.2, 0) is 17.9 Å². The summed E-state index contributed by atoms with van der Waals surface area (Å²) in [4.78, 5) is 15.2. The number of nitrogens with one attached hydrogen (secondary N) is 1. The maximum atomic E-state index is 11.3. The van der Waals surface area contributed by atoms with E-state index in [9.17, 15) is 4.79 Å². The van der Waals surface area contributed by atoms with E-state index >= 15 is 0 Å². The van der Waals surface area contributed by atoms with Gasteiger partial charge in [-0.05, 0) is 13.8 Å². The highest BCUT2D eigenvalue weighted by Crippen LogP contribution is 1.98. The Hall–Kier alpha value is -1.36. The predicted octanol–water partition coefficient (Wildman–Crippen LogP) is -0.100. The van der Waals surface area contributed by atoms with Crippen LogP contribution in [-0.4, -0.2) is 26.6 Å². The van der Waals surface area contributed by atoms with Gasteiger partial charge in [-0.25, -0.2) is 4.98 Å². The van der Waals surface area contributed by atoms with Gasteiger partial charge in [-0.15, -0.1) is 0 Å². The van der Waals surface area contributed by atoms with E-state index in [1.165, 1.54) is 6.33 Å². The maximum absolute atomic E-state index is 11.3. The molecule has 0 radical (unpaired) electrons. The normalized spacial score (nSPS) is 10.6. The number of imidazole rings is 1. The number of rotatable bonds is 4. The highest BCUT2D eigenvalue weighted by Gasteiger charge is 2.06. The van der Waals surface area contributed by atoms with E-state index < -0.39 is 0 Å². The third-order valence-corrected chi connectivity index (χ3v) is 1.72. The van der Waals surface area contributed by atoms with Gasteiger partial charge in [-0.3, -0.25) is 4.79 Å². The largest absolute Gasteiger partial charge is 0.390 e. The van der Waals surface area contributed by atoms with Crippen LogP contribution in [0.1, 0.15) is 19.5 Å². The van der Waals surface area contributed by atoms with Gasteiger partial charge < -0.3 is 15.0 Å². The molecule has 0 aliphatic heterocycles. The van der Waals surface area contributed by atoms with E-state index in [0.29, 0.717) is 5.69 Å². The zero-order valence-corrected chi connectivity index (χ0v) is 8.40. The fourth-order valence-electron chi connectivity index (χ4n) is 1.14. The summed E-state index contributed by atoms with van der Waals surface area (Å²) in [6, 6.07) is 0.128. The summed E-state index contributed by atoms with van der Waals surface area (Å²) in [5.41, 5.74) is 0.643. The smallest absolute Gasteiger partial charge is 0.240 e. The van der Waals surface area contributed by atoms with Crippen LogP contribution in [0.4, 0.5) is 0 Å². The molecule has 78 valence electrons. The van der Waals surface area contributed by atoms with E-state index in [1.807, 2.05) is 13.8 Å². The summed E-state index contributed by atoms with van der Waals surface area (Å²) < 4.78 is 1.62. The topological polar surface area (TPSA) is 67.2 Å². The van der Waals surface area contributed by atoms with Crippen molar-refractivity contribution in [1.29, 1.82) is 0 Å². The Kier molecular flexibility index (Phi) is 3.64. The zero-order valence-electron chi connectivity index (χ0n) is 8.40. The maximum Gasteiger partial charge on any atom is 0.240 e. The molecule has 0 saturated carbocycles. The molecule has 0 unspecified atom stereocenters. The molecule has 14 heavy (non-hydrogen) atoms. The van der Waals surface area contributed by atoms with Gasteiger partial charge in [0.1, 0.15) is 6.54 Å². The Morgan fingerprint density at radius 1 is 1.71 bits per heavy atom. The van der Waals surface area contributed by atoms with Crippen molar-refractivity contribution in [1.82, 2.24) is 14.9 Å². The van der Waals surface area contributed by atoms with E-state index in [-0.39, 0.29) is 25.1 Å². The lowest BCUT2D eigenvalue weighted by molar-refractivity contribution is -0.122. The van der Waals surface area contributed by atoms with Crippen LogP contribution < -0.4 is 5.32 Å². The molecular weight excluding hydrogens is 182 g/mol. The van der Waals surface area contributed by atoms with E-state index in [2.05, 4.69) is 10.3 Å². The molecule has 0 atom stereocenters. The highest BCUT2D eigenvalue weighted by atomic mass is 16.3. The Morgan fingerprint density at radius 3 is 3.00 bits per heavy atom. The minimum absolute atomic E-state index is 0.0762. The van der Waals surface area contributed by atoms with Crippen molar-refractivity contribution in [2.75, 3.05) is 0 Å². The summed E-state index contributed by atoms with van der Waals surface area (Å²) in [5, 5.41) is 11.7. The molecule has 0 saturated heterocycles. The Balaban J connectivity index is 2.55. The molecule has 0 fully saturated rings.